The fourth-order valence-electron chi connectivity index (χ4n) is 3.11. The summed E-state index contributed by atoms with van der Waals surface area (Å²) in [6.45, 7) is 1.88. The standard InChI is InChI=1S/C20H17N3O5S2/c1-3-10-23-14-9-8-13(30(21,25)26)11-17(14)29-20(23)22-19(24)18-12(2)27-15-6-4-5-7-16(15)28-18/h1,4-9,11-12,18H,10H2,2H3,(H2,21,25,26). The van der Waals surface area contributed by atoms with Crippen LogP contribution < -0.4 is 19.4 Å². The van der Waals surface area contributed by atoms with Crippen LogP contribution >= 0.6 is 11.3 Å². The normalized spacial score (nSPS) is 18.9. The smallest absolute Gasteiger partial charge is 0.293 e. The first kappa shape index (κ1) is 20.2. The minimum atomic E-state index is -3.86. The summed E-state index contributed by atoms with van der Waals surface area (Å²) in [7, 11) is -3.86. The lowest BCUT2D eigenvalue weighted by Gasteiger charge is -2.29. The Bertz CT molecular complexity index is 1370. The van der Waals surface area contributed by atoms with E-state index in [1.165, 1.54) is 12.1 Å². The molecule has 2 heterocycles. The quantitative estimate of drug-likeness (QED) is 0.619. The number of hydrogen-bond donors (Lipinski definition) is 1. The summed E-state index contributed by atoms with van der Waals surface area (Å²) < 4.78 is 37.1. The van der Waals surface area contributed by atoms with Gasteiger partial charge in [-0.1, -0.05) is 29.4 Å². The molecular formula is C20H17N3O5S2. The van der Waals surface area contributed by atoms with Crippen molar-refractivity contribution in [3.8, 4) is 23.8 Å². The summed E-state index contributed by atoms with van der Waals surface area (Å²) >= 11 is 1.14. The van der Waals surface area contributed by atoms with Crippen molar-refractivity contribution in [1.82, 2.24) is 4.57 Å². The molecule has 2 atom stereocenters. The van der Waals surface area contributed by atoms with Gasteiger partial charge in [-0.05, 0) is 37.3 Å². The summed E-state index contributed by atoms with van der Waals surface area (Å²) in [5.74, 6) is 3.03. The molecule has 30 heavy (non-hydrogen) atoms. The molecule has 1 aliphatic rings. The topological polar surface area (TPSA) is 113 Å². The maximum absolute atomic E-state index is 12.9. The van der Waals surface area contributed by atoms with Crippen molar-refractivity contribution in [2.24, 2.45) is 10.1 Å². The summed E-state index contributed by atoms with van der Waals surface area (Å²) in [4.78, 5) is 17.4. The number of thiazole rings is 1. The largest absolute Gasteiger partial charge is 0.482 e. The highest BCUT2D eigenvalue weighted by Gasteiger charge is 2.34. The maximum atomic E-state index is 12.9. The van der Waals surface area contributed by atoms with Gasteiger partial charge in [0.05, 0.1) is 21.7 Å². The van der Waals surface area contributed by atoms with Gasteiger partial charge in [-0.15, -0.1) is 6.42 Å². The van der Waals surface area contributed by atoms with Crippen LogP contribution in [0.4, 0.5) is 0 Å². The summed E-state index contributed by atoms with van der Waals surface area (Å²) in [5, 5.41) is 5.21. The van der Waals surface area contributed by atoms with E-state index in [2.05, 4.69) is 10.9 Å². The number of carbonyl (C=O) groups is 1. The molecule has 4 rings (SSSR count). The van der Waals surface area contributed by atoms with Gasteiger partial charge in [0.1, 0.15) is 6.10 Å². The lowest BCUT2D eigenvalue weighted by molar-refractivity contribution is -0.130. The highest BCUT2D eigenvalue weighted by Crippen LogP contribution is 2.33. The molecule has 0 aliphatic carbocycles. The Hall–Kier alpha value is -3.13. The molecule has 10 heteroatoms. The Morgan fingerprint density at radius 1 is 1.27 bits per heavy atom. The number of hydrogen-bond acceptors (Lipinski definition) is 6. The van der Waals surface area contributed by atoms with Crippen LogP contribution in [0.15, 0.2) is 52.4 Å². The SMILES string of the molecule is C#CCn1c(=NC(=O)C2Oc3ccccc3OC2C)sc2cc(S(N)(=O)=O)ccc21. The van der Waals surface area contributed by atoms with E-state index >= 15 is 0 Å². The fourth-order valence-corrected chi connectivity index (χ4v) is 4.80. The van der Waals surface area contributed by atoms with E-state index in [4.69, 9.17) is 21.0 Å². The molecule has 0 bridgehead atoms. The molecule has 2 unspecified atom stereocenters. The Balaban J connectivity index is 1.77. The Morgan fingerprint density at radius 2 is 1.97 bits per heavy atom. The van der Waals surface area contributed by atoms with Crippen LogP contribution in [-0.2, 0) is 21.4 Å². The number of fused-ring (bicyclic) bond motifs is 2. The monoisotopic (exact) mass is 443 g/mol. The van der Waals surface area contributed by atoms with Crippen molar-refractivity contribution in [2.75, 3.05) is 0 Å². The van der Waals surface area contributed by atoms with Gasteiger partial charge < -0.3 is 14.0 Å². The van der Waals surface area contributed by atoms with Crippen LogP contribution in [0.1, 0.15) is 6.92 Å². The number of terminal acetylenes is 1. The molecule has 0 saturated heterocycles. The minimum absolute atomic E-state index is 0.0313. The first-order chi connectivity index (χ1) is 14.3. The van der Waals surface area contributed by atoms with Crippen LogP contribution in [0.2, 0.25) is 0 Å². The van der Waals surface area contributed by atoms with E-state index in [1.807, 2.05) is 6.07 Å². The number of benzene rings is 2. The lowest BCUT2D eigenvalue weighted by atomic mass is 10.1. The Kier molecular flexibility index (Phi) is 5.11. The van der Waals surface area contributed by atoms with Crippen molar-refractivity contribution in [3.05, 3.63) is 47.3 Å². The number of carbonyl (C=O) groups excluding carboxylic acids is 1. The molecular weight excluding hydrogens is 426 g/mol. The van der Waals surface area contributed by atoms with E-state index in [0.29, 0.717) is 26.5 Å². The zero-order valence-corrected chi connectivity index (χ0v) is 17.4. The van der Waals surface area contributed by atoms with E-state index in [-0.39, 0.29) is 11.4 Å². The van der Waals surface area contributed by atoms with Gasteiger partial charge in [-0.2, -0.15) is 4.99 Å². The van der Waals surface area contributed by atoms with Crippen molar-refractivity contribution in [2.45, 2.75) is 30.6 Å². The first-order valence-electron chi connectivity index (χ1n) is 8.88. The van der Waals surface area contributed by atoms with E-state index in [0.717, 1.165) is 11.3 Å². The molecule has 1 amide bonds. The van der Waals surface area contributed by atoms with Crippen molar-refractivity contribution in [1.29, 1.82) is 0 Å². The third kappa shape index (κ3) is 3.70. The van der Waals surface area contributed by atoms with Gasteiger partial charge in [-0.25, -0.2) is 13.6 Å². The molecule has 2 aromatic carbocycles. The van der Waals surface area contributed by atoms with Crippen LogP contribution in [-0.4, -0.2) is 31.1 Å². The fraction of sp³-hybridized carbons (Fsp3) is 0.200. The van der Waals surface area contributed by atoms with Crippen LogP contribution in [0.5, 0.6) is 11.5 Å². The van der Waals surface area contributed by atoms with Gasteiger partial charge >= 0.3 is 0 Å². The zero-order chi connectivity index (χ0) is 21.5. The molecule has 0 fully saturated rings. The first-order valence-corrected chi connectivity index (χ1v) is 11.2. The second kappa shape index (κ2) is 7.60. The van der Waals surface area contributed by atoms with Crippen LogP contribution in [0, 0.1) is 12.3 Å². The molecule has 1 aromatic heterocycles. The minimum Gasteiger partial charge on any atom is -0.482 e. The number of nitrogens with two attached hydrogens (primary N) is 1. The summed E-state index contributed by atoms with van der Waals surface area (Å²) in [6.07, 6.45) is 4.01. The highest BCUT2D eigenvalue weighted by molar-refractivity contribution is 7.89. The maximum Gasteiger partial charge on any atom is 0.293 e. The van der Waals surface area contributed by atoms with E-state index in [1.54, 1.807) is 35.8 Å². The summed E-state index contributed by atoms with van der Waals surface area (Å²) in [5.41, 5.74) is 0.649. The van der Waals surface area contributed by atoms with Crippen LogP contribution in [0.3, 0.4) is 0 Å². The summed E-state index contributed by atoms with van der Waals surface area (Å²) in [6, 6.07) is 11.5. The predicted octanol–water partition coefficient (Wildman–Crippen LogP) is 1.64. The number of nitrogens with zero attached hydrogens (tertiary/aromatic N) is 2. The van der Waals surface area contributed by atoms with Crippen molar-refractivity contribution >= 4 is 37.5 Å². The molecule has 154 valence electrons. The average molecular weight is 444 g/mol. The highest BCUT2D eigenvalue weighted by atomic mass is 32.2. The number of sulfonamides is 1. The Labute approximate surface area is 176 Å². The average Bonchev–Trinajstić information content (AvgIpc) is 3.03. The number of rotatable bonds is 3. The molecule has 1 aliphatic heterocycles. The second-order valence-corrected chi connectivity index (χ2v) is 9.18. The number of ether oxygens (including phenoxy) is 2. The number of para-hydroxylation sites is 2. The third-order valence-corrected chi connectivity index (χ3v) is 6.48. The lowest BCUT2D eigenvalue weighted by Crippen LogP contribution is -2.43. The third-order valence-electron chi connectivity index (χ3n) is 4.52. The predicted molar refractivity (Wildman–Crippen MR) is 112 cm³/mol. The van der Waals surface area contributed by atoms with Crippen LogP contribution in [0.25, 0.3) is 10.2 Å². The number of aromatic nitrogens is 1. The number of amides is 1. The van der Waals surface area contributed by atoms with Gasteiger partial charge in [0, 0.05) is 0 Å². The molecule has 0 spiro atoms. The molecule has 0 saturated carbocycles. The van der Waals surface area contributed by atoms with E-state index < -0.39 is 28.1 Å². The zero-order valence-electron chi connectivity index (χ0n) is 15.8. The van der Waals surface area contributed by atoms with Gasteiger partial charge in [-0.3, -0.25) is 4.79 Å². The van der Waals surface area contributed by atoms with Crippen molar-refractivity contribution < 1.29 is 22.7 Å². The molecule has 8 nitrogen and oxygen atoms in total. The van der Waals surface area contributed by atoms with E-state index in [9.17, 15) is 13.2 Å². The number of primary sulfonamides is 1. The molecule has 3 aromatic rings. The molecule has 2 N–H and O–H groups in total. The second-order valence-electron chi connectivity index (χ2n) is 6.61. The molecule has 0 radical (unpaired) electrons. The Morgan fingerprint density at radius 3 is 2.63 bits per heavy atom. The van der Waals surface area contributed by atoms with Crippen molar-refractivity contribution in [3.63, 3.8) is 0 Å². The van der Waals surface area contributed by atoms with Gasteiger partial charge in [0.25, 0.3) is 5.91 Å². The van der Waals surface area contributed by atoms with Gasteiger partial charge in [0.2, 0.25) is 16.1 Å². The van der Waals surface area contributed by atoms with Gasteiger partial charge in [0.15, 0.2) is 16.3 Å².